The Balaban J connectivity index is 1.65. The summed E-state index contributed by atoms with van der Waals surface area (Å²) in [5, 5.41) is 13.7. The van der Waals surface area contributed by atoms with E-state index in [1.54, 1.807) is 41.3 Å². The molecular formula is C17H19Cl2N5O2. The fourth-order valence-corrected chi connectivity index (χ4v) is 3.37. The molecule has 138 valence electrons. The van der Waals surface area contributed by atoms with Crippen LogP contribution in [0.15, 0.2) is 36.7 Å². The Labute approximate surface area is 161 Å². The Bertz CT molecular complexity index is 788. The number of piperidine rings is 1. The van der Waals surface area contributed by atoms with Crippen molar-refractivity contribution in [2.24, 2.45) is 0 Å². The topological polar surface area (TPSA) is 88.0 Å². The van der Waals surface area contributed by atoms with E-state index < -0.39 is 5.54 Å². The van der Waals surface area contributed by atoms with Gasteiger partial charge in [-0.2, -0.15) is 5.10 Å². The number of nitrogens with zero attached hydrogens (tertiary/aromatic N) is 2. The standard InChI is InChI=1S/C17H19Cl2N5O2/c18-12-2-3-13(19)14(10-12)23-15(25)11-21-16(26)17(4-7-20-8-5-17)24-9-1-6-22-24/h1-3,6,9-10,20H,4-5,7-8,11H2,(H,21,26)(H,23,25). The minimum atomic E-state index is -0.789. The van der Waals surface area contributed by atoms with Crippen molar-refractivity contribution >= 4 is 40.7 Å². The molecule has 0 atom stereocenters. The second-order valence-corrected chi connectivity index (χ2v) is 6.93. The van der Waals surface area contributed by atoms with Gasteiger partial charge in [0.05, 0.1) is 17.3 Å². The maximum absolute atomic E-state index is 12.9. The largest absolute Gasteiger partial charge is 0.345 e. The average molecular weight is 396 g/mol. The van der Waals surface area contributed by atoms with E-state index in [4.69, 9.17) is 23.2 Å². The summed E-state index contributed by atoms with van der Waals surface area (Å²) in [5.74, 6) is -0.609. The molecule has 3 rings (SSSR count). The predicted molar refractivity (Wildman–Crippen MR) is 100 cm³/mol. The van der Waals surface area contributed by atoms with E-state index in [2.05, 4.69) is 21.0 Å². The summed E-state index contributed by atoms with van der Waals surface area (Å²) in [6, 6.07) is 6.57. The summed E-state index contributed by atoms with van der Waals surface area (Å²) in [6.45, 7) is 1.24. The number of amides is 2. The van der Waals surface area contributed by atoms with Crippen LogP contribution in [-0.2, 0) is 15.1 Å². The van der Waals surface area contributed by atoms with Crippen molar-refractivity contribution in [3.05, 3.63) is 46.7 Å². The van der Waals surface area contributed by atoms with Crippen molar-refractivity contribution in [2.75, 3.05) is 25.0 Å². The van der Waals surface area contributed by atoms with Gasteiger partial charge in [0.1, 0.15) is 5.54 Å². The monoisotopic (exact) mass is 395 g/mol. The Hall–Kier alpha value is -2.09. The van der Waals surface area contributed by atoms with Gasteiger partial charge in [-0.3, -0.25) is 14.3 Å². The molecule has 0 radical (unpaired) electrons. The van der Waals surface area contributed by atoms with Crippen molar-refractivity contribution in [3.63, 3.8) is 0 Å². The van der Waals surface area contributed by atoms with Gasteiger partial charge in [0.15, 0.2) is 0 Å². The smallest absolute Gasteiger partial charge is 0.248 e. The third kappa shape index (κ3) is 4.00. The number of nitrogens with one attached hydrogen (secondary N) is 3. The van der Waals surface area contributed by atoms with Gasteiger partial charge >= 0.3 is 0 Å². The van der Waals surface area contributed by atoms with Gasteiger partial charge in [-0.05, 0) is 50.2 Å². The van der Waals surface area contributed by atoms with Gasteiger partial charge < -0.3 is 16.0 Å². The van der Waals surface area contributed by atoms with E-state index in [0.29, 0.717) is 41.7 Å². The quantitative estimate of drug-likeness (QED) is 0.722. The zero-order valence-electron chi connectivity index (χ0n) is 14.0. The number of anilines is 1. The molecule has 9 heteroatoms. The van der Waals surface area contributed by atoms with Gasteiger partial charge in [0.2, 0.25) is 11.8 Å². The fraction of sp³-hybridized carbons (Fsp3) is 0.353. The minimum Gasteiger partial charge on any atom is -0.345 e. The van der Waals surface area contributed by atoms with Crippen molar-refractivity contribution < 1.29 is 9.59 Å². The fourth-order valence-electron chi connectivity index (χ4n) is 3.04. The lowest BCUT2D eigenvalue weighted by Gasteiger charge is -2.36. The first-order valence-electron chi connectivity index (χ1n) is 8.25. The molecule has 26 heavy (non-hydrogen) atoms. The van der Waals surface area contributed by atoms with Crippen LogP contribution in [0, 0.1) is 0 Å². The number of halogens is 2. The third-order valence-corrected chi connectivity index (χ3v) is 4.97. The normalized spacial score (nSPS) is 16.1. The SMILES string of the molecule is O=C(CNC(=O)C1(n2cccn2)CCNCC1)Nc1cc(Cl)ccc1Cl. The Morgan fingerprint density at radius 1 is 1.27 bits per heavy atom. The molecule has 1 aliphatic rings. The first-order chi connectivity index (χ1) is 12.5. The van der Waals surface area contributed by atoms with Crippen LogP contribution in [-0.4, -0.2) is 41.2 Å². The van der Waals surface area contributed by atoms with E-state index in [9.17, 15) is 9.59 Å². The number of aromatic nitrogens is 2. The molecule has 0 unspecified atom stereocenters. The van der Waals surface area contributed by atoms with Gasteiger partial charge in [-0.25, -0.2) is 0 Å². The molecule has 1 aromatic carbocycles. The summed E-state index contributed by atoms with van der Waals surface area (Å²) >= 11 is 11.9. The molecule has 0 spiro atoms. The van der Waals surface area contributed by atoms with E-state index in [-0.39, 0.29) is 18.4 Å². The molecular weight excluding hydrogens is 377 g/mol. The van der Waals surface area contributed by atoms with Gasteiger partial charge in [-0.15, -0.1) is 0 Å². The Morgan fingerprint density at radius 3 is 2.73 bits per heavy atom. The van der Waals surface area contributed by atoms with Gasteiger partial charge in [0, 0.05) is 17.4 Å². The van der Waals surface area contributed by atoms with Crippen LogP contribution >= 0.6 is 23.2 Å². The summed E-state index contributed by atoms with van der Waals surface area (Å²) < 4.78 is 1.68. The highest BCUT2D eigenvalue weighted by Crippen LogP contribution is 2.27. The number of hydrogen-bond acceptors (Lipinski definition) is 4. The van der Waals surface area contributed by atoms with Gasteiger partial charge in [-0.1, -0.05) is 23.2 Å². The van der Waals surface area contributed by atoms with Crippen molar-refractivity contribution in [1.29, 1.82) is 0 Å². The van der Waals surface area contributed by atoms with Crippen LogP contribution in [0.5, 0.6) is 0 Å². The summed E-state index contributed by atoms with van der Waals surface area (Å²) in [4.78, 5) is 25.1. The van der Waals surface area contributed by atoms with E-state index in [1.165, 1.54) is 0 Å². The molecule has 0 aliphatic carbocycles. The van der Waals surface area contributed by atoms with Crippen LogP contribution in [0.2, 0.25) is 10.0 Å². The predicted octanol–water partition coefficient (Wildman–Crippen LogP) is 2.02. The lowest BCUT2D eigenvalue weighted by Crippen LogP contribution is -2.55. The van der Waals surface area contributed by atoms with Crippen LogP contribution < -0.4 is 16.0 Å². The molecule has 1 fully saturated rings. The maximum Gasteiger partial charge on any atom is 0.248 e. The maximum atomic E-state index is 12.9. The molecule has 3 N–H and O–H groups in total. The first kappa shape index (κ1) is 18.7. The Morgan fingerprint density at radius 2 is 2.04 bits per heavy atom. The van der Waals surface area contributed by atoms with Crippen molar-refractivity contribution in [1.82, 2.24) is 20.4 Å². The molecule has 2 aromatic rings. The highest BCUT2D eigenvalue weighted by molar-refractivity contribution is 6.35. The van der Waals surface area contributed by atoms with Crippen LogP contribution in [0.3, 0.4) is 0 Å². The van der Waals surface area contributed by atoms with Gasteiger partial charge in [0.25, 0.3) is 0 Å². The molecule has 2 amide bonds. The Kier molecular flexibility index (Phi) is 5.80. The molecule has 1 saturated heterocycles. The van der Waals surface area contributed by atoms with Crippen LogP contribution in [0.25, 0.3) is 0 Å². The lowest BCUT2D eigenvalue weighted by molar-refractivity contribution is -0.133. The molecule has 0 saturated carbocycles. The second-order valence-electron chi connectivity index (χ2n) is 6.09. The third-order valence-electron chi connectivity index (χ3n) is 4.41. The lowest BCUT2D eigenvalue weighted by atomic mass is 9.87. The number of rotatable bonds is 5. The summed E-state index contributed by atoms with van der Waals surface area (Å²) in [6.07, 6.45) is 4.62. The zero-order valence-corrected chi connectivity index (χ0v) is 15.5. The van der Waals surface area contributed by atoms with Crippen LogP contribution in [0.1, 0.15) is 12.8 Å². The summed E-state index contributed by atoms with van der Waals surface area (Å²) in [5.41, 5.74) is -0.384. The van der Waals surface area contributed by atoms with E-state index >= 15 is 0 Å². The second kappa shape index (κ2) is 8.07. The zero-order chi connectivity index (χ0) is 18.6. The first-order valence-corrected chi connectivity index (χ1v) is 9.01. The summed E-state index contributed by atoms with van der Waals surface area (Å²) in [7, 11) is 0. The molecule has 7 nitrogen and oxygen atoms in total. The highest BCUT2D eigenvalue weighted by atomic mass is 35.5. The van der Waals surface area contributed by atoms with Crippen LogP contribution in [0.4, 0.5) is 5.69 Å². The molecule has 1 aromatic heterocycles. The van der Waals surface area contributed by atoms with Crippen molar-refractivity contribution in [2.45, 2.75) is 18.4 Å². The average Bonchev–Trinajstić information content (AvgIpc) is 3.18. The number of carbonyl (C=O) groups is 2. The minimum absolute atomic E-state index is 0.169. The highest BCUT2D eigenvalue weighted by Gasteiger charge is 2.41. The molecule has 2 heterocycles. The number of hydrogen-bond donors (Lipinski definition) is 3. The van der Waals surface area contributed by atoms with E-state index in [0.717, 1.165) is 0 Å². The van der Waals surface area contributed by atoms with E-state index in [1.807, 2.05) is 0 Å². The van der Waals surface area contributed by atoms with Crippen molar-refractivity contribution in [3.8, 4) is 0 Å². The molecule has 0 bridgehead atoms. The number of benzene rings is 1. The molecule has 1 aliphatic heterocycles. The number of carbonyl (C=O) groups excluding carboxylic acids is 2.